The molecule has 6 heteroatoms. The molecule has 132 valence electrons. The molecule has 2 aromatic heterocycles. The van der Waals surface area contributed by atoms with E-state index < -0.39 is 5.97 Å². The van der Waals surface area contributed by atoms with Crippen LogP contribution in [-0.2, 0) is 7.05 Å². The van der Waals surface area contributed by atoms with Crippen LogP contribution in [0.25, 0.3) is 22.6 Å². The van der Waals surface area contributed by atoms with Gasteiger partial charge >= 0.3 is 5.97 Å². The van der Waals surface area contributed by atoms with Gasteiger partial charge in [0.1, 0.15) is 5.69 Å². The predicted molar refractivity (Wildman–Crippen MR) is 100 cm³/mol. The molecule has 1 N–H and O–H groups in total. The number of carboxylic acid groups (broad SMARTS) is 1. The van der Waals surface area contributed by atoms with Gasteiger partial charge in [-0.1, -0.05) is 12.1 Å². The summed E-state index contributed by atoms with van der Waals surface area (Å²) >= 11 is 0. The van der Waals surface area contributed by atoms with Gasteiger partial charge in [0.15, 0.2) is 0 Å². The number of aromatic nitrogens is 3. The van der Waals surface area contributed by atoms with E-state index in [1.165, 1.54) is 30.8 Å². The zero-order valence-electron chi connectivity index (χ0n) is 14.6. The molecule has 6 nitrogen and oxygen atoms in total. The van der Waals surface area contributed by atoms with E-state index in [2.05, 4.69) is 39.1 Å². The first kappa shape index (κ1) is 16.3. The van der Waals surface area contributed by atoms with Crippen molar-refractivity contribution in [2.24, 2.45) is 7.05 Å². The fourth-order valence-corrected chi connectivity index (χ4v) is 3.46. The van der Waals surface area contributed by atoms with E-state index >= 15 is 0 Å². The molecule has 26 heavy (non-hydrogen) atoms. The topological polar surface area (TPSA) is 71.2 Å². The largest absolute Gasteiger partial charge is 0.478 e. The number of hydrogen-bond donors (Lipinski definition) is 1. The molecule has 1 aliphatic rings. The monoisotopic (exact) mass is 348 g/mol. The zero-order valence-corrected chi connectivity index (χ0v) is 14.6. The van der Waals surface area contributed by atoms with Crippen LogP contribution in [0.3, 0.4) is 0 Å². The molecule has 1 aliphatic heterocycles. The van der Waals surface area contributed by atoms with E-state index in [9.17, 15) is 9.90 Å². The number of aromatic carboxylic acids is 1. The fraction of sp³-hybridized carbons (Fsp3) is 0.250. The lowest BCUT2D eigenvalue weighted by Gasteiger charge is -2.18. The van der Waals surface area contributed by atoms with E-state index in [1.54, 1.807) is 12.4 Å². The molecule has 0 unspecified atom stereocenters. The number of benzene rings is 1. The Labute approximate surface area is 151 Å². The van der Waals surface area contributed by atoms with Crippen LogP contribution < -0.4 is 4.90 Å². The minimum atomic E-state index is -0.971. The van der Waals surface area contributed by atoms with Gasteiger partial charge in [0.2, 0.25) is 0 Å². The number of carboxylic acids is 1. The minimum Gasteiger partial charge on any atom is -0.478 e. The summed E-state index contributed by atoms with van der Waals surface area (Å²) in [5.74, 6) is -0.971. The van der Waals surface area contributed by atoms with E-state index in [-0.39, 0.29) is 5.56 Å². The molecule has 0 saturated carbocycles. The van der Waals surface area contributed by atoms with Crippen LogP contribution in [0, 0.1) is 0 Å². The van der Waals surface area contributed by atoms with Crippen molar-refractivity contribution in [3.8, 4) is 22.6 Å². The highest BCUT2D eigenvalue weighted by Crippen LogP contribution is 2.31. The van der Waals surface area contributed by atoms with Gasteiger partial charge in [0.05, 0.1) is 23.3 Å². The standard InChI is InChI=1S/C20H20N4O2/c1-23-13-22-18(17-12-15(20(25)26)8-9-21-17)19(23)14-4-6-16(7-5-14)24-10-2-3-11-24/h4-9,12-13H,2-3,10-11H2,1H3,(H,25,26). The lowest BCUT2D eigenvalue weighted by Crippen LogP contribution is -2.17. The van der Waals surface area contributed by atoms with E-state index in [0.717, 1.165) is 24.3 Å². The summed E-state index contributed by atoms with van der Waals surface area (Å²) in [7, 11) is 1.93. The van der Waals surface area contributed by atoms with Gasteiger partial charge in [0, 0.05) is 37.6 Å². The number of carbonyl (C=O) groups is 1. The Kier molecular flexibility index (Phi) is 4.16. The average Bonchev–Trinajstić information content (AvgIpc) is 3.32. The molecule has 0 radical (unpaired) electrons. The van der Waals surface area contributed by atoms with Gasteiger partial charge in [-0.05, 0) is 37.1 Å². The van der Waals surface area contributed by atoms with Crippen molar-refractivity contribution in [2.75, 3.05) is 18.0 Å². The first-order chi connectivity index (χ1) is 12.6. The number of hydrogen-bond acceptors (Lipinski definition) is 4. The van der Waals surface area contributed by atoms with E-state index in [4.69, 9.17) is 0 Å². The number of rotatable bonds is 4. The van der Waals surface area contributed by atoms with E-state index in [1.807, 2.05) is 11.6 Å². The van der Waals surface area contributed by atoms with Gasteiger partial charge in [-0.2, -0.15) is 0 Å². The molecule has 1 saturated heterocycles. The predicted octanol–water partition coefficient (Wildman–Crippen LogP) is 3.45. The molecular weight excluding hydrogens is 328 g/mol. The molecular formula is C20H20N4O2. The third-order valence-electron chi connectivity index (χ3n) is 4.80. The van der Waals surface area contributed by atoms with Crippen LogP contribution in [0.15, 0.2) is 48.9 Å². The van der Waals surface area contributed by atoms with Crippen molar-refractivity contribution in [3.05, 3.63) is 54.5 Å². The molecule has 4 rings (SSSR count). The average molecular weight is 348 g/mol. The number of aryl methyl sites for hydroxylation is 1. The molecule has 3 aromatic rings. The van der Waals surface area contributed by atoms with Crippen LogP contribution in [-0.4, -0.2) is 38.7 Å². The van der Waals surface area contributed by atoms with Crippen molar-refractivity contribution >= 4 is 11.7 Å². The minimum absolute atomic E-state index is 0.205. The Morgan fingerprint density at radius 3 is 2.50 bits per heavy atom. The SMILES string of the molecule is Cn1cnc(-c2cc(C(=O)O)ccn2)c1-c1ccc(N2CCCC2)cc1. The highest BCUT2D eigenvalue weighted by atomic mass is 16.4. The van der Waals surface area contributed by atoms with E-state index in [0.29, 0.717) is 11.4 Å². The maximum Gasteiger partial charge on any atom is 0.335 e. The zero-order chi connectivity index (χ0) is 18.1. The second-order valence-electron chi connectivity index (χ2n) is 6.53. The number of pyridine rings is 1. The van der Waals surface area contributed by atoms with Gasteiger partial charge in [0.25, 0.3) is 0 Å². The summed E-state index contributed by atoms with van der Waals surface area (Å²) in [6, 6.07) is 11.5. The molecule has 0 spiro atoms. The maximum absolute atomic E-state index is 11.2. The third-order valence-corrected chi connectivity index (χ3v) is 4.80. The third kappa shape index (κ3) is 2.94. The second-order valence-corrected chi connectivity index (χ2v) is 6.53. The Bertz CT molecular complexity index is 941. The van der Waals surface area contributed by atoms with Crippen LogP contribution in [0.1, 0.15) is 23.2 Å². The van der Waals surface area contributed by atoms with Crippen molar-refractivity contribution in [1.82, 2.24) is 14.5 Å². The summed E-state index contributed by atoms with van der Waals surface area (Å²) in [6.07, 6.45) is 5.74. The summed E-state index contributed by atoms with van der Waals surface area (Å²) < 4.78 is 1.94. The lowest BCUT2D eigenvalue weighted by atomic mass is 10.1. The number of nitrogens with zero attached hydrogens (tertiary/aromatic N) is 4. The van der Waals surface area contributed by atoms with Gasteiger partial charge in [-0.25, -0.2) is 9.78 Å². The highest BCUT2D eigenvalue weighted by Gasteiger charge is 2.17. The summed E-state index contributed by atoms with van der Waals surface area (Å²) in [5.41, 5.74) is 4.64. The Morgan fingerprint density at radius 2 is 1.81 bits per heavy atom. The van der Waals surface area contributed by atoms with Crippen LogP contribution in [0.2, 0.25) is 0 Å². The van der Waals surface area contributed by atoms with Crippen LogP contribution >= 0.6 is 0 Å². The summed E-state index contributed by atoms with van der Waals surface area (Å²) in [6.45, 7) is 2.23. The molecule has 0 atom stereocenters. The lowest BCUT2D eigenvalue weighted by molar-refractivity contribution is 0.0697. The smallest absolute Gasteiger partial charge is 0.335 e. The maximum atomic E-state index is 11.2. The quantitative estimate of drug-likeness (QED) is 0.782. The van der Waals surface area contributed by atoms with Gasteiger partial charge < -0.3 is 14.6 Å². The Morgan fingerprint density at radius 1 is 1.08 bits per heavy atom. The Balaban J connectivity index is 1.72. The van der Waals surface area contributed by atoms with Crippen molar-refractivity contribution in [2.45, 2.75) is 12.8 Å². The van der Waals surface area contributed by atoms with Gasteiger partial charge in [-0.3, -0.25) is 4.98 Å². The van der Waals surface area contributed by atoms with Crippen LogP contribution in [0.4, 0.5) is 5.69 Å². The normalized spacial score (nSPS) is 14.0. The molecule has 0 bridgehead atoms. The van der Waals surface area contributed by atoms with Crippen molar-refractivity contribution in [1.29, 1.82) is 0 Å². The van der Waals surface area contributed by atoms with Gasteiger partial charge in [-0.15, -0.1) is 0 Å². The van der Waals surface area contributed by atoms with Crippen molar-refractivity contribution < 1.29 is 9.90 Å². The molecule has 0 amide bonds. The Hall–Kier alpha value is -3.15. The number of imidazole rings is 1. The second kappa shape index (κ2) is 6.63. The highest BCUT2D eigenvalue weighted by molar-refractivity contribution is 5.89. The summed E-state index contributed by atoms with van der Waals surface area (Å²) in [4.78, 5) is 22.4. The number of anilines is 1. The molecule has 1 fully saturated rings. The molecule has 1 aromatic carbocycles. The first-order valence-electron chi connectivity index (χ1n) is 8.70. The summed E-state index contributed by atoms with van der Waals surface area (Å²) in [5, 5.41) is 9.22. The molecule has 3 heterocycles. The molecule has 0 aliphatic carbocycles. The fourth-order valence-electron chi connectivity index (χ4n) is 3.46. The van der Waals surface area contributed by atoms with Crippen molar-refractivity contribution in [3.63, 3.8) is 0 Å². The first-order valence-corrected chi connectivity index (χ1v) is 8.70. The van der Waals surface area contributed by atoms with Crippen LogP contribution in [0.5, 0.6) is 0 Å².